The molecule has 2 aromatic carbocycles. The zero-order chi connectivity index (χ0) is 25.4. The average molecular weight is 532 g/mol. The third kappa shape index (κ3) is 5.00. The summed E-state index contributed by atoms with van der Waals surface area (Å²) >= 11 is 12.5. The number of likely N-dealkylation sites (tertiary alicyclic amines) is 1. The molecule has 36 heavy (non-hydrogen) atoms. The number of hydrogen-bond donors (Lipinski definition) is 3. The monoisotopic (exact) mass is 531 g/mol. The summed E-state index contributed by atoms with van der Waals surface area (Å²) in [4.78, 5) is 21.4. The molecule has 3 aromatic rings. The van der Waals surface area contributed by atoms with Crippen LogP contribution in [-0.2, 0) is 0 Å². The molecule has 0 unspecified atom stereocenters. The number of fused-ring (bicyclic) bond motifs is 1. The number of hydrogen-bond acceptors (Lipinski definition) is 7. The van der Waals surface area contributed by atoms with E-state index < -0.39 is 5.91 Å². The van der Waals surface area contributed by atoms with Crippen LogP contribution in [0.5, 0.6) is 0 Å². The number of benzene rings is 2. The van der Waals surface area contributed by atoms with Crippen LogP contribution in [0.25, 0.3) is 11.1 Å². The van der Waals surface area contributed by atoms with Gasteiger partial charge in [-0.25, -0.2) is 0 Å². The van der Waals surface area contributed by atoms with Gasteiger partial charge in [-0.1, -0.05) is 29.3 Å². The number of aromatic nitrogens is 1. The number of carbonyl (C=O) groups is 1. The van der Waals surface area contributed by atoms with Crippen molar-refractivity contribution in [2.45, 2.75) is 25.8 Å². The highest BCUT2D eigenvalue weighted by atomic mass is 35.5. The summed E-state index contributed by atoms with van der Waals surface area (Å²) in [5.74, 6) is 0.641. The van der Waals surface area contributed by atoms with Crippen LogP contribution in [0.15, 0.2) is 34.7 Å². The number of amides is 1. The Labute approximate surface area is 220 Å². The second-order valence-corrected chi connectivity index (χ2v) is 10.7. The fourth-order valence-electron chi connectivity index (χ4n) is 5.40. The Bertz CT molecular complexity index is 1260. The number of nitrogens with one attached hydrogen (secondary N) is 1. The molecule has 0 aliphatic carbocycles. The van der Waals surface area contributed by atoms with Crippen LogP contribution >= 0.6 is 23.2 Å². The van der Waals surface area contributed by atoms with E-state index in [0.717, 1.165) is 38.3 Å². The van der Waals surface area contributed by atoms with Gasteiger partial charge in [0, 0.05) is 36.2 Å². The second-order valence-electron chi connectivity index (χ2n) is 9.82. The molecule has 5 rings (SSSR count). The van der Waals surface area contributed by atoms with Crippen molar-refractivity contribution in [2.24, 2.45) is 17.6 Å². The first-order valence-corrected chi connectivity index (χ1v) is 13.1. The lowest BCUT2D eigenvalue weighted by atomic mass is 9.81. The molecule has 2 aliphatic rings. The van der Waals surface area contributed by atoms with Crippen LogP contribution in [-0.4, -0.2) is 60.2 Å². The maximum absolute atomic E-state index is 12.2. The van der Waals surface area contributed by atoms with Gasteiger partial charge in [-0.15, -0.1) is 0 Å². The van der Waals surface area contributed by atoms with Gasteiger partial charge in [0.25, 0.3) is 11.9 Å². The van der Waals surface area contributed by atoms with E-state index >= 15 is 0 Å². The number of oxazole rings is 1. The Balaban J connectivity index is 1.36. The Hall–Kier alpha value is -2.52. The fourth-order valence-corrected chi connectivity index (χ4v) is 5.97. The van der Waals surface area contributed by atoms with Crippen LogP contribution in [0.4, 0.5) is 11.7 Å². The minimum atomic E-state index is -0.555. The third-order valence-electron chi connectivity index (χ3n) is 7.41. The van der Waals surface area contributed by atoms with E-state index in [4.69, 9.17) is 38.3 Å². The predicted molar refractivity (Wildman–Crippen MR) is 143 cm³/mol. The van der Waals surface area contributed by atoms with Gasteiger partial charge in [0.05, 0.1) is 23.9 Å². The van der Waals surface area contributed by atoms with Gasteiger partial charge in [0.15, 0.2) is 5.58 Å². The summed E-state index contributed by atoms with van der Waals surface area (Å²) < 4.78 is 6.22. The number of carbonyl (C=O) groups excluding carboxylic acids is 1. The number of nitrogens with zero attached hydrogens (tertiary/aromatic N) is 3. The number of anilines is 2. The minimum Gasteiger partial charge on any atom is -0.421 e. The third-order valence-corrected chi connectivity index (χ3v) is 7.97. The van der Waals surface area contributed by atoms with E-state index in [9.17, 15) is 9.90 Å². The lowest BCUT2D eigenvalue weighted by Crippen LogP contribution is -2.53. The molecule has 0 saturated carbocycles. The summed E-state index contributed by atoms with van der Waals surface area (Å²) in [6.07, 6.45) is 2.39. The van der Waals surface area contributed by atoms with E-state index in [0.29, 0.717) is 50.2 Å². The molecular formula is C26H31Cl2N5O3. The summed E-state index contributed by atoms with van der Waals surface area (Å²) in [5, 5.41) is 13.7. The molecular weight excluding hydrogens is 501 g/mol. The van der Waals surface area contributed by atoms with Crippen molar-refractivity contribution < 1.29 is 14.3 Å². The highest BCUT2D eigenvalue weighted by Crippen LogP contribution is 2.38. The fraction of sp³-hybridized carbons (Fsp3) is 0.462. The summed E-state index contributed by atoms with van der Waals surface area (Å²) in [5.41, 5.74) is 8.51. The van der Waals surface area contributed by atoms with Crippen molar-refractivity contribution in [3.63, 3.8) is 0 Å². The van der Waals surface area contributed by atoms with E-state index in [1.165, 1.54) is 12.8 Å². The largest absolute Gasteiger partial charge is 0.421 e. The van der Waals surface area contributed by atoms with E-state index in [1.807, 2.05) is 13.0 Å². The molecule has 0 radical (unpaired) electrons. The molecule has 8 nitrogen and oxygen atoms in total. The van der Waals surface area contributed by atoms with Gasteiger partial charge in [0.2, 0.25) is 0 Å². The number of halogens is 2. The van der Waals surface area contributed by atoms with Crippen molar-refractivity contribution >= 4 is 51.9 Å². The van der Waals surface area contributed by atoms with Crippen molar-refractivity contribution in [3.8, 4) is 0 Å². The van der Waals surface area contributed by atoms with Gasteiger partial charge in [0.1, 0.15) is 5.52 Å². The molecule has 2 aliphatic heterocycles. The Morgan fingerprint density at radius 3 is 2.78 bits per heavy atom. The minimum absolute atomic E-state index is 0.207. The lowest BCUT2D eigenvalue weighted by Gasteiger charge is -2.45. The highest BCUT2D eigenvalue weighted by Gasteiger charge is 2.38. The Morgan fingerprint density at radius 2 is 2.06 bits per heavy atom. The van der Waals surface area contributed by atoms with Crippen molar-refractivity contribution in [1.29, 1.82) is 0 Å². The molecule has 1 aromatic heterocycles. The first-order chi connectivity index (χ1) is 17.3. The van der Waals surface area contributed by atoms with Crippen molar-refractivity contribution in [3.05, 3.63) is 51.5 Å². The summed E-state index contributed by atoms with van der Waals surface area (Å²) in [7, 11) is 0. The van der Waals surface area contributed by atoms with E-state index in [2.05, 4.69) is 15.1 Å². The number of nitrogens with two attached hydrogens (primary N) is 1. The van der Waals surface area contributed by atoms with Gasteiger partial charge < -0.3 is 30.4 Å². The molecule has 3 heterocycles. The van der Waals surface area contributed by atoms with Crippen LogP contribution < -0.4 is 16.0 Å². The Kier molecular flexibility index (Phi) is 7.30. The van der Waals surface area contributed by atoms with Crippen LogP contribution in [0, 0.1) is 11.8 Å². The first kappa shape index (κ1) is 25.1. The maximum atomic E-state index is 12.2. The van der Waals surface area contributed by atoms with Gasteiger partial charge in [-0.05, 0) is 68.0 Å². The molecule has 2 fully saturated rings. The molecule has 10 heteroatoms. The standard InChI is InChI=1S/C26H31Cl2N5O3/c1-15(19-5-4-18(27)11-21(19)28)30-23-20(25(29)35)6-7-22-24(23)36-26(31-22)33-13-17(14-33)16-3-2-8-32(12-16)9-10-34/h4-7,11,15-17,30,34H,2-3,8-10,12-14H2,1H3,(H2,29,35)/t15-,16+/m1/s1. The number of β-amino-alcohol motifs (C(OH)–C–C–N with tert-alkyl or cyclic N) is 1. The highest BCUT2D eigenvalue weighted by molar-refractivity contribution is 6.35. The van der Waals surface area contributed by atoms with Crippen LogP contribution in [0.2, 0.25) is 10.0 Å². The van der Waals surface area contributed by atoms with E-state index in [-0.39, 0.29) is 12.6 Å². The topological polar surface area (TPSA) is 108 Å². The zero-order valence-corrected chi connectivity index (χ0v) is 21.7. The quantitative estimate of drug-likeness (QED) is 0.391. The van der Waals surface area contributed by atoms with Crippen molar-refractivity contribution in [1.82, 2.24) is 9.88 Å². The van der Waals surface area contributed by atoms with Crippen LogP contribution in [0.3, 0.4) is 0 Å². The molecule has 0 spiro atoms. The van der Waals surface area contributed by atoms with Gasteiger partial charge >= 0.3 is 0 Å². The van der Waals surface area contributed by atoms with Crippen molar-refractivity contribution in [2.75, 3.05) is 49.5 Å². The summed E-state index contributed by atoms with van der Waals surface area (Å²) in [6, 6.07) is 9.06. The second kappa shape index (κ2) is 10.5. The molecule has 4 N–H and O–H groups in total. The number of aliphatic hydroxyl groups is 1. The zero-order valence-electron chi connectivity index (χ0n) is 20.2. The molecule has 2 saturated heterocycles. The average Bonchev–Trinajstić information content (AvgIpc) is 3.22. The SMILES string of the molecule is C[C@@H](Nc1c(C(N)=O)ccc2nc(N3CC([C@H]4CCCN(CCO)C4)C3)oc12)c1ccc(Cl)cc1Cl. The smallest absolute Gasteiger partial charge is 0.298 e. The predicted octanol–water partition coefficient (Wildman–Crippen LogP) is 4.55. The molecule has 1 amide bonds. The van der Waals surface area contributed by atoms with Gasteiger partial charge in [-0.2, -0.15) is 4.98 Å². The normalized spacial score (nSPS) is 19.9. The maximum Gasteiger partial charge on any atom is 0.298 e. The summed E-state index contributed by atoms with van der Waals surface area (Å²) in [6.45, 7) is 6.76. The Morgan fingerprint density at radius 1 is 1.25 bits per heavy atom. The molecule has 192 valence electrons. The molecule has 0 bridgehead atoms. The number of primary amides is 1. The first-order valence-electron chi connectivity index (χ1n) is 12.4. The lowest BCUT2D eigenvalue weighted by molar-refractivity contribution is 0.0999. The number of aliphatic hydroxyl groups excluding tert-OH is 1. The van der Waals surface area contributed by atoms with Crippen LogP contribution in [0.1, 0.15) is 41.7 Å². The molecule has 2 atom stereocenters. The number of piperidine rings is 1. The number of rotatable bonds is 8. The van der Waals surface area contributed by atoms with E-state index in [1.54, 1.807) is 24.3 Å². The van der Waals surface area contributed by atoms with Gasteiger partial charge in [-0.3, -0.25) is 4.79 Å².